The fourth-order valence-electron chi connectivity index (χ4n) is 3.87. The van der Waals surface area contributed by atoms with Gasteiger partial charge in [0.15, 0.2) is 5.82 Å². The summed E-state index contributed by atoms with van der Waals surface area (Å²) < 4.78 is 15.8. The van der Waals surface area contributed by atoms with Crippen LogP contribution in [0.2, 0.25) is 0 Å². The van der Waals surface area contributed by atoms with Gasteiger partial charge in [0.2, 0.25) is 0 Å². The number of allylic oxidation sites excluding steroid dienone is 1. The fraction of sp³-hybridized carbons (Fsp3) is 0.167. The Labute approximate surface area is 226 Å². The number of imidazole rings is 1. The Bertz CT molecular complexity index is 1650. The third kappa shape index (κ3) is 5.75. The standard InChI is InChI=1S/C28H27FN8.C2H2/c1-16(28(2,3)4)35-19-10-18(13-32-14-19)25-24(29)20(21(30)15-34-25)11-23-36-22-7-9-33-26(27(22)37-23)17-6-5-8-31-12-17;1-2/h5-10,12-15,35H,1,11,30H2,2-4H3,(H,36,37);1-2H. The number of hydrogen-bond donors (Lipinski definition) is 3. The van der Waals surface area contributed by atoms with Crippen molar-refractivity contribution in [1.82, 2.24) is 29.9 Å². The van der Waals surface area contributed by atoms with E-state index in [0.29, 0.717) is 33.8 Å². The number of rotatable bonds is 6. The predicted octanol–water partition coefficient (Wildman–Crippen LogP) is 6.01. The number of hydrogen-bond acceptors (Lipinski definition) is 7. The number of nitrogen functional groups attached to an aromatic ring is 1. The molecule has 0 aromatic carbocycles. The van der Waals surface area contributed by atoms with Gasteiger partial charge in [0.1, 0.15) is 17.0 Å². The molecule has 0 aliphatic rings. The highest BCUT2D eigenvalue weighted by molar-refractivity contribution is 5.89. The molecular formula is C30H29FN8. The van der Waals surface area contributed by atoms with Gasteiger partial charge in [-0.05, 0) is 24.3 Å². The Hall–Kier alpha value is -5.10. The molecule has 8 nitrogen and oxygen atoms in total. The Balaban J connectivity index is 0.00000172. The van der Waals surface area contributed by atoms with Crippen LogP contribution < -0.4 is 11.1 Å². The molecule has 0 bridgehead atoms. The van der Waals surface area contributed by atoms with Gasteiger partial charge in [-0.3, -0.25) is 19.9 Å². The summed E-state index contributed by atoms with van der Waals surface area (Å²) in [7, 11) is 0. The molecule has 0 aliphatic carbocycles. The summed E-state index contributed by atoms with van der Waals surface area (Å²) in [6.07, 6.45) is 18.0. The average Bonchev–Trinajstić information content (AvgIpc) is 3.35. The van der Waals surface area contributed by atoms with E-state index in [-0.39, 0.29) is 23.2 Å². The molecule has 0 unspecified atom stereocenters. The highest BCUT2D eigenvalue weighted by Gasteiger charge is 2.20. The first-order chi connectivity index (χ1) is 18.7. The lowest BCUT2D eigenvalue weighted by Crippen LogP contribution is -2.15. The van der Waals surface area contributed by atoms with E-state index in [0.717, 1.165) is 16.8 Å². The molecule has 5 rings (SSSR count). The molecule has 0 aliphatic heterocycles. The van der Waals surface area contributed by atoms with Crippen LogP contribution in [0.1, 0.15) is 32.2 Å². The third-order valence-corrected chi connectivity index (χ3v) is 6.10. The zero-order valence-electron chi connectivity index (χ0n) is 22.0. The smallest absolute Gasteiger partial charge is 0.155 e. The van der Waals surface area contributed by atoms with Gasteiger partial charge in [0.25, 0.3) is 0 Å². The summed E-state index contributed by atoms with van der Waals surface area (Å²) >= 11 is 0. The van der Waals surface area contributed by atoms with Crippen LogP contribution in [0.5, 0.6) is 0 Å². The van der Waals surface area contributed by atoms with E-state index in [1.54, 1.807) is 37.1 Å². The zero-order valence-corrected chi connectivity index (χ0v) is 22.0. The van der Waals surface area contributed by atoms with E-state index in [2.05, 4.69) is 70.4 Å². The molecule has 0 spiro atoms. The van der Waals surface area contributed by atoms with Gasteiger partial charge in [-0.15, -0.1) is 12.8 Å². The summed E-state index contributed by atoms with van der Waals surface area (Å²) in [6, 6.07) is 7.39. The van der Waals surface area contributed by atoms with Crippen LogP contribution in [0.4, 0.5) is 15.8 Å². The van der Waals surface area contributed by atoms with Crippen LogP contribution in [0, 0.1) is 24.1 Å². The lowest BCUT2D eigenvalue weighted by Gasteiger charge is -2.23. The van der Waals surface area contributed by atoms with Crippen molar-refractivity contribution in [2.45, 2.75) is 27.2 Å². The Kier molecular flexibility index (Phi) is 7.68. The number of nitrogens with zero attached hydrogens (tertiary/aromatic N) is 5. The summed E-state index contributed by atoms with van der Waals surface area (Å²) in [5, 5.41) is 3.25. The second-order valence-electron chi connectivity index (χ2n) is 9.83. The summed E-state index contributed by atoms with van der Waals surface area (Å²) in [6.45, 7) is 10.3. The number of fused-ring (bicyclic) bond motifs is 1. The minimum atomic E-state index is -0.514. The van der Waals surface area contributed by atoms with Gasteiger partial charge in [-0.1, -0.05) is 27.4 Å². The van der Waals surface area contributed by atoms with E-state index in [9.17, 15) is 0 Å². The van der Waals surface area contributed by atoms with E-state index >= 15 is 4.39 Å². The van der Waals surface area contributed by atoms with Crippen molar-refractivity contribution < 1.29 is 4.39 Å². The molecule has 0 saturated heterocycles. The van der Waals surface area contributed by atoms with Crippen molar-refractivity contribution in [2.24, 2.45) is 5.41 Å². The van der Waals surface area contributed by atoms with Gasteiger partial charge in [-0.25, -0.2) is 9.37 Å². The van der Waals surface area contributed by atoms with Crippen molar-refractivity contribution in [3.63, 3.8) is 0 Å². The van der Waals surface area contributed by atoms with E-state index in [4.69, 9.17) is 10.7 Å². The van der Waals surface area contributed by atoms with Crippen LogP contribution in [0.25, 0.3) is 33.5 Å². The molecular weight excluding hydrogens is 491 g/mol. The van der Waals surface area contributed by atoms with E-state index in [1.165, 1.54) is 6.20 Å². The molecule has 9 heteroatoms. The molecule has 0 saturated carbocycles. The predicted molar refractivity (Wildman–Crippen MR) is 154 cm³/mol. The third-order valence-electron chi connectivity index (χ3n) is 6.10. The molecule has 0 amide bonds. The van der Waals surface area contributed by atoms with Gasteiger partial charge in [0.05, 0.1) is 35.0 Å². The second-order valence-corrected chi connectivity index (χ2v) is 9.83. The Morgan fingerprint density at radius 2 is 1.79 bits per heavy atom. The molecule has 5 heterocycles. The van der Waals surface area contributed by atoms with Crippen molar-refractivity contribution in [3.8, 4) is 35.4 Å². The van der Waals surface area contributed by atoms with Crippen LogP contribution in [0.15, 0.2) is 73.7 Å². The first-order valence-corrected chi connectivity index (χ1v) is 12.1. The number of halogens is 1. The minimum Gasteiger partial charge on any atom is -0.397 e. The van der Waals surface area contributed by atoms with Crippen LogP contribution in [0.3, 0.4) is 0 Å². The van der Waals surface area contributed by atoms with Gasteiger partial charge in [-0.2, -0.15) is 0 Å². The van der Waals surface area contributed by atoms with E-state index < -0.39 is 5.82 Å². The summed E-state index contributed by atoms with van der Waals surface area (Å²) in [5.74, 6) is 0.0468. The molecule has 5 aromatic heterocycles. The molecule has 196 valence electrons. The van der Waals surface area contributed by atoms with Crippen molar-refractivity contribution in [3.05, 3.63) is 90.9 Å². The van der Waals surface area contributed by atoms with Crippen molar-refractivity contribution in [1.29, 1.82) is 0 Å². The maximum Gasteiger partial charge on any atom is 0.155 e. The Morgan fingerprint density at radius 1 is 1.03 bits per heavy atom. The lowest BCUT2D eigenvalue weighted by molar-refractivity contribution is 0.509. The number of terminal acetylenes is 1. The normalized spacial score (nSPS) is 11.0. The number of nitrogens with two attached hydrogens (primary N) is 1. The van der Waals surface area contributed by atoms with Crippen molar-refractivity contribution in [2.75, 3.05) is 11.1 Å². The van der Waals surface area contributed by atoms with Crippen molar-refractivity contribution >= 4 is 22.4 Å². The number of pyridine rings is 4. The monoisotopic (exact) mass is 520 g/mol. The summed E-state index contributed by atoms with van der Waals surface area (Å²) in [5.41, 5.74) is 11.8. The molecule has 0 radical (unpaired) electrons. The molecule has 39 heavy (non-hydrogen) atoms. The first-order valence-electron chi connectivity index (χ1n) is 12.1. The highest BCUT2D eigenvalue weighted by Crippen LogP contribution is 2.31. The number of H-pyrrole nitrogens is 1. The Morgan fingerprint density at radius 3 is 2.51 bits per heavy atom. The lowest BCUT2D eigenvalue weighted by atomic mass is 9.93. The number of anilines is 2. The molecule has 5 aromatic rings. The van der Waals surface area contributed by atoms with Gasteiger partial charge in [0, 0.05) is 59.0 Å². The maximum atomic E-state index is 15.8. The maximum absolute atomic E-state index is 15.8. The quantitative estimate of drug-likeness (QED) is 0.235. The van der Waals surface area contributed by atoms with Gasteiger partial charge < -0.3 is 16.0 Å². The van der Waals surface area contributed by atoms with Gasteiger partial charge >= 0.3 is 0 Å². The summed E-state index contributed by atoms with van der Waals surface area (Å²) in [4.78, 5) is 25.2. The number of nitrogens with one attached hydrogen (secondary N) is 2. The SMILES string of the molecule is C#C.C=C(Nc1cncc(-c2ncc(N)c(Cc3nc4c(-c5cccnc5)nccc4[nH]3)c2F)c1)C(C)(C)C. The average molecular weight is 521 g/mol. The second kappa shape index (κ2) is 11.1. The topological polar surface area (TPSA) is 118 Å². The molecule has 4 N–H and O–H groups in total. The highest BCUT2D eigenvalue weighted by atomic mass is 19.1. The molecule has 0 atom stereocenters. The van der Waals surface area contributed by atoms with E-state index in [1.807, 2.05) is 18.2 Å². The van der Waals surface area contributed by atoms with Crippen LogP contribution in [-0.4, -0.2) is 29.9 Å². The zero-order chi connectivity index (χ0) is 28.2. The first kappa shape index (κ1) is 26.9. The van der Waals surface area contributed by atoms with Crippen LogP contribution >= 0.6 is 0 Å². The number of aromatic nitrogens is 6. The largest absolute Gasteiger partial charge is 0.397 e. The molecule has 0 fully saturated rings. The van der Waals surface area contributed by atoms with Crippen LogP contribution in [-0.2, 0) is 6.42 Å². The number of aromatic amines is 1. The minimum absolute atomic E-state index is 0.146. The fourth-order valence-corrected chi connectivity index (χ4v) is 3.87.